The summed E-state index contributed by atoms with van der Waals surface area (Å²) in [5, 5.41) is 2.52. The molecule has 0 atom stereocenters. The van der Waals surface area contributed by atoms with E-state index >= 15 is 0 Å². The second-order valence-corrected chi connectivity index (χ2v) is 5.47. The van der Waals surface area contributed by atoms with Crippen LogP contribution >= 0.6 is 23.1 Å². The molecule has 17 heavy (non-hydrogen) atoms. The number of imide groups is 1. The number of thioether (sulfide) groups is 1. The van der Waals surface area contributed by atoms with Crippen LogP contribution in [0, 0.1) is 6.92 Å². The highest BCUT2D eigenvalue weighted by Crippen LogP contribution is 2.31. The molecule has 1 fully saturated rings. The smallest absolute Gasteiger partial charge is 0.293 e. The molecule has 0 saturated carbocycles. The summed E-state index contributed by atoms with van der Waals surface area (Å²) in [7, 11) is 0. The topological polar surface area (TPSA) is 76.3 Å². The van der Waals surface area contributed by atoms with Gasteiger partial charge in [0, 0.05) is 18.5 Å². The van der Waals surface area contributed by atoms with E-state index in [1.165, 1.54) is 11.3 Å². The van der Waals surface area contributed by atoms with Crippen molar-refractivity contribution in [3.63, 3.8) is 0 Å². The number of rotatable bonds is 3. The number of nitrogens with two attached hydrogens (primary N) is 1. The van der Waals surface area contributed by atoms with Crippen molar-refractivity contribution in [1.29, 1.82) is 0 Å². The molecule has 0 bridgehead atoms. The summed E-state index contributed by atoms with van der Waals surface area (Å²) >= 11 is 2.44. The Labute approximate surface area is 107 Å². The largest absolute Gasteiger partial charge is 0.329 e. The van der Waals surface area contributed by atoms with Crippen LogP contribution < -0.4 is 5.73 Å². The molecule has 1 aromatic rings. The number of hydrogen-bond donors (Lipinski definition) is 1. The molecule has 90 valence electrons. The van der Waals surface area contributed by atoms with Crippen molar-refractivity contribution in [3.8, 4) is 0 Å². The fourth-order valence-corrected chi connectivity index (χ4v) is 2.82. The molecule has 7 heteroatoms. The average Bonchev–Trinajstić information content (AvgIpc) is 2.79. The SMILES string of the molecule is Cc1nc(/C=C2/SC(=O)N(CCN)C2=O)cs1. The second kappa shape index (κ2) is 4.99. The van der Waals surface area contributed by atoms with Gasteiger partial charge < -0.3 is 5.73 Å². The van der Waals surface area contributed by atoms with E-state index in [1.54, 1.807) is 6.08 Å². The van der Waals surface area contributed by atoms with E-state index in [9.17, 15) is 9.59 Å². The molecule has 2 heterocycles. The number of amides is 2. The lowest BCUT2D eigenvalue weighted by Gasteiger charge is -2.09. The van der Waals surface area contributed by atoms with Gasteiger partial charge in [-0.15, -0.1) is 11.3 Å². The highest BCUT2D eigenvalue weighted by Gasteiger charge is 2.34. The molecular weight excluding hydrogens is 258 g/mol. The maximum absolute atomic E-state index is 11.9. The molecule has 0 unspecified atom stereocenters. The number of carbonyl (C=O) groups is 2. The molecule has 5 nitrogen and oxygen atoms in total. The zero-order valence-corrected chi connectivity index (χ0v) is 10.8. The Hall–Kier alpha value is -1.18. The lowest BCUT2D eigenvalue weighted by molar-refractivity contribution is -0.122. The van der Waals surface area contributed by atoms with Gasteiger partial charge in [0.25, 0.3) is 11.1 Å². The maximum Gasteiger partial charge on any atom is 0.293 e. The van der Waals surface area contributed by atoms with Crippen LogP contribution in [0.25, 0.3) is 6.08 Å². The average molecular weight is 269 g/mol. The van der Waals surface area contributed by atoms with Crippen molar-refractivity contribution in [2.75, 3.05) is 13.1 Å². The number of carbonyl (C=O) groups excluding carboxylic acids is 2. The molecule has 0 aromatic carbocycles. The number of nitrogens with zero attached hydrogens (tertiary/aromatic N) is 2. The maximum atomic E-state index is 11.9. The van der Waals surface area contributed by atoms with Crippen LogP contribution in [0.5, 0.6) is 0 Å². The zero-order chi connectivity index (χ0) is 12.4. The summed E-state index contributed by atoms with van der Waals surface area (Å²) in [4.78, 5) is 29.2. The van der Waals surface area contributed by atoms with Gasteiger partial charge in [0.2, 0.25) is 0 Å². The van der Waals surface area contributed by atoms with Gasteiger partial charge in [-0.25, -0.2) is 4.98 Å². The van der Waals surface area contributed by atoms with Gasteiger partial charge >= 0.3 is 0 Å². The van der Waals surface area contributed by atoms with Crippen molar-refractivity contribution in [3.05, 3.63) is 21.0 Å². The Balaban J connectivity index is 2.21. The summed E-state index contributed by atoms with van der Waals surface area (Å²) in [6.07, 6.45) is 1.64. The first-order valence-electron chi connectivity index (χ1n) is 4.99. The van der Waals surface area contributed by atoms with E-state index in [4.69, 9.17) is 5.73 Å². The van der Waals surface area contributed by atoms with Crippen molar-refractivity contribution < 1.29 is 9.59 Å². The standard InChI is InChI=1S/C10H11N3O2S2/c1-6-12-7(5-16-6)4-8-9(14)13(3-2-11)10(15)17-8/h4-5H,2-3,11H2,1H3/b8-4+. The van der Waals surface area contributed by atoms with E-state index < -0.39 is 0 Å². The molecule has 0 aliphatic carbocycles. The molecule has 2 amide bonds. The molecule has 2 rings (SSSR count). The van der Waals surface area contributed by atoms with Crippen molar-refractivity contribution in [1.82, 2.24) is 9.88 Å². The Bertz CT molecular complexity index is 495. The van der Waals surface area contributed by atoms with Gasteiger partial charge in [0.1, 0.15) is 0 Å². The van der Waals surface area contributed by atoms with Gasteiger partial charge in [-0.05, 0) is 24.8 Å². The minimum atomic E-state index is -0.281. The number of aryl methyl sites for hydroxylation is 1. The van der Waals surface area contributed by atoms with Crippen LogP contribution in [0.4, 0.5) is 4.79 Å². The molecule has 1 aliphatic heterocycles. The Morgan fingerprint density at radius 1 is 1.53 bits per heavy atom. The third kappa shape index (κ3) is 2.56. The highest BCUT2D eigenvalue weighted by molar-refractivity contribution is 8.18. The van der Waals surface area contributed by atoms with E-state index in [2.05, 4.69) is 4.98 Å². The van der Waals surface area contributed by atoms with E-state index in [-0.39, 0.29) is 24.2 Å². The van der Waals surface area contributed by atoms with Crippen molar-refractivity contribution in [2.24, 2.45) is 5.73 Å². The third-order valence-electron chi connectivity index (χ3n) is 2.14. The minimum absolute atomic E-state index is 0.262. The molecule has 0 radical (unpaired) electrons. The third-order valence-corrected chi connectivity index (χ3v) is 3.84. The normalized spacial score (nSPS) is 18.5. The quantitative estimate of drug-likeness (QED) is 0.840. The van der Waals surface area contributed by atoms with E-state index in [0.717, 1.165) is 21.7 Å². The van der Waals surface area contributed by atoms with Gasteiger partial charge in [0.05, 0.1) is 15.6 Å². The highest BCUT2D eigenvalue weighted by atomic mass is 32.2. The van der Waals surface area contributed by atoms with Crippen molar-refractivity contribution in [2.45, 2.75) is 6.92 Å². The monoisotopic (exact) mass is 269 g/mol. The second-order valence-electron chi connectivity index (χ2n) is 3.41. The Morgan fingerprint density at radius 2 is 2.29 bits per heavy atom. The van der Waals surface area contributed by atoms with Crippen LogP contribution in [-0.2, 0) is 4.79 Å². The van der Waals surface area contributed by atoms with Crippen LogP contribution in [0.1, 0.15) is 10.7 Å². The van der Waals surface area contributed by atoms with Gasteiger partial charge in [0.15, 0.2) is 0 Å². The van der Waals surface area contributed by atoms with Gasteiger partial charge in [-0.3, -0.25) is 14.5 Å². The predicted octanol–water partition coefficient (Wildman–Crippen LogP) is 1.45. The number of hydrogen-bond acceptors (Lipinski definition) is 6. The van der Waals surface area contributed by atoms with Crippen LogP contribution in [0.3, 0.4) is 0 Å². The molecule has 2 N–H and O–H groups in total. The summed E-state index contributed by atoms with van der Waals surface area (Å²) in [5.74, 6) is -0.281. The lowest BCUT2D eigenvalue weighted by atomic mass is 10.3. The molecule has 1 aliphatic rings. The minimum Gasteiger partial charge on any atom is -0.329 e. The summed E-state index contributed by atoms with van der Waals surface area (Å²) in [6, 6.07) is 0. The summed E-state index contributed by atoms with van der Waals surface area (Å²) in [6.45, 7) is 2.43. The van der Waals surface area contributed by atoms with Crippen LogP contribution in [0.15, 0.2) is 10.3 Å². The zero-order valence-electron chi connectivity index (χ0n) is 9.17. The number of aromatic nitrogens is 1. The fraction of sp³-hybridized carbons (Fsp3) is 0.300. The Kier molecular flexibility index (Phi) is 3.60. The number of thiazole rings is 1. The van der Waals surface area contributed by atoms with Crippen LogP contribution in [0.2, 0.25) is 0 Å². The molecule has 0 spiro atoms. The van der Waals surface area contributed by atoms with Gasteiger partial charge in [-0.1, -0.05) is 0 Å². The molecular formula is C10H11N3O2S2. The Morgan fingerprint density at radius 3 is 2.88 bits per heavy atom. The lowest BCUT2D eigenvalue weighted by Crippen LogP contribution is -2.33. The predicted molar refractivity (Wildman–Crippen MR) is 68.6 cm³/mol. The molecule has 1 aromatic heterocycles. The van der Waals surface area contributed by atoms with Gasteiger partial charge in [-0.2, -0.15) is 0 Å². The first-order chi connectivity index (χ1) is 8.11. The summed E-state index contributed by atoms with van der Waals surface area (Å²) < 4.78 is 0. The van der Waals surface area contributed by atoms with Crippen molar-refractivity contribution >= 4 is 40.3 Å². The fourth-order valence-electron chi connectivity index (χ4n) is 1.40. The van der Waals surface area contributed by atoms with E-state index in [0.29, 0.717) is 10.6 Å². The first kappa shape index (κ1) is 12.3. The summed E-state index contributed by atoms with van der Waals surface area (Å²) in [5.41, 5.74) is 6.06. The first-order valence-corrected chi connectivity index (χ1v) is 6.69. The van der Waals surface area contributed by atoms with E-state index in [1.807, 2.05) is 12.3 Å². The van der Waals surface area contributed by atoms with Crippen LogP contribution in [-0.4, -0.2) is 34.1 Å². The molecule has 1 saturated heterocycles.